The zero-order chi connectivity index (χ0) is 19.2. The first-order valence-electron chi connectivity index (χ1n) is 8.61. The van der Waals surface area contributed by atoms with Crippen LogP contribution in [0.5, 0.6) is 5.75 Å². The van der Waals surface area contributed by atoms with Crippen molar-refractivity contribution >= 4 is 32.5 Å². The Kier molecular flexibility index (Phi) is 4.29. The van der Waals surface area contributed by atoms with Gasteiger partial charge in [0.25, 0.3) is 0 Å². The highest BCUT2D eigenvalue weighted by molar-refractivity contribution is 9.10. The standard InChI is InChI=1S/C21H18BrN3O2/c1-3-12-4-6-16(18(26)8-12)19-15-7-5-13(22)9-17(15)20(25-24-19)23-14-10-21(2,27)11-14/h1,4-9,14,26-27H,10-11H2,2H3,(H,23,25). The summed E-state index contributed by atoms with van der Waals surface area (Å²) in [7, 11) is 0. The van der Waals surface area contributed by atoms with Gasteiger partial charge in [-0.2, -0.15) is 0 Å². The molecule has 0 saturated heterocycles. The minimum atomic E-state index is -0.619. The Labute approximate surface area is 165 Å². The van der Waals surface area contributed by atoms with Crippen molar-refractivity contribution in [3.63, 3.8) is 0 Å². The number of phenolic OH excluding ortho intramolecular Hbond substituents is 1. The molecular formula is C21H18BrN3O2. The number of phenols is 1. The summed E-state index contributed by atoms with van der Waals surface area (Å²) in [6.45, 7) is 1.83. The van der Waals surface area contributed by atoms with Crippen LogP contribution in [0.15, 0.2) is 40.9 Å². The van der Waals surface area contributed by atoms with Gasteiger partial charge in [0.15, 0.2) is 5.82 Å². The van der Waals surface area contributed by atoms with Crippen molar-refractivity contribution in [3.8, 4) is 29.4 Å². The predicted octanol–water partition coefficient (Wildman–Crippen LogP) is 4.07. The van der Waals surface area contributed by atoms with E-state index in [-0.39, 0.29) is 11.8 Å². The highest BCUT2D eigenvalue weighted by Gasteiger charge is 2.38. The molecular weight excluding hydrogens is 406 g/mol. The van der Waals surface area contributed by atoms with Gasteiger partial charge in [-0.3, -0.25) is 0 Å². The molecule has 0 amide bonds. The molecule has 0 unspecified atom stereocenters. The molecule has 1 aliphatic carbocycles. The maximum Gasteiger partial charge on any atom is 0.156 e. The highest BCUT2D eigenvalue weighted by Crippen LogP contribution is 2.38. The molecule has 27 heavy (non-hydrogen) atoms. The molecule has 1 fully saturated rings. The predicted molar refractivity (Wildman–Crippen MR) is 110 cm³/mol. The number of benzene rings is 2. The second kappa shape index (κ2) is 6.52. The number of hydrogen-bond donors (Lipinski definition) is 3. The SMILES string of the molecule is C#Cc1ccc(-c2nnc(NC3CC(C)(O)C3)c3cc(Br)ccc23)c(O)c1. The van der Waals surface area contributed by atoms with Gasteiger partial charge in [0, 0.05) is 32.4 Å². The Bertz CT molecular complexity index is 1080. The number of nitrogens with zero attached hydrogens (tertiary/aromatic N) is 2. The quantitative estimate of drug-likeness (QED) is 0.553. The second-order valence-electron chi connectivity index (χ2n) is 7.21. The van der Waals surface area contributed by atoms with Gasteiger partial charge < -0.3 is 15.5 Å². The number of aromatic hydroxyl groups is 1. The molecule has 6 heteroatoms. The molecule has 1 heterocycles. The summed E-state index contributed by atoms with van der Waals surface area (Å²) < 4.78 is 0.921. The fraction of sp³-hybridized carbons (Fsp3) is 0.238. The van der Waals surface area contributed by atoms with E-state index in [0.717, 1.165) is 15.2 Å². The maximum absolute atomic E-state index is 10.4. The largest absolute Gasteiger partial charge is 0.507 e. The molecule has 0 radical (unpaired) electrons. The number of halogens is 1. The Hall–Kier alpha value is -2.62. The fourth-order valence-electron chi connectivity index (χ4n) is 3.55. The third-order valence-corrected chi connectivity index (χ3v) is 5.37. The number of nitrogens with one attached hydrogen (secondary N) is 1. The zero-order valence-corrected chi connectivity index (χ0v) is 16.3. The number of rotatable bonds is 3. The zero-order valence-electron chi connectivity index (χ0n) is 14.7. The van der Waals surface area contributed by atoms with Crippen molar-refractivity contribution < 1.29 is 10.2 Å². The molecule has 1 aromatic heterocycles. The Morgan fingerprint density at radius 2 is 1.96 bits per heavy atom. The monoisotopic (exact) mass is 423 g/mol. The van der Waals surface area contributed by atoms with Gasteiger partial charge in [-0.25, -0.2) is 0 Å². The van der Waals surface area contributed by atoms with E-state index in [1.807, 2.05) is 25.1 Å². The molecule has 5 nitrogen and oxygen atoms in total. The molecule has 0 aliphatic heterocycles. The van der Waals surface area contributed by atoms with Crippen LogP contribution in [-0.4, -0.2) is 32.1 Å². The molecule has 4 rings (SSSR count). The molecule has 3 N–H and O–H groups in total. The lowest BCUT2D eigenvalue weighted by Gasteiger charge is -2.41. The van der Waals surface area contributed by atoms with E-state index in [4.69, 9.17) is 6.42 Å². The summed E-state index contributed by atoms with van der Waals surface area (Å²) in [5, 5.41) is 34.2. The van der Waals surface area contributed by atoms with E-state index in [1.165, 1.54) is 0 Å². The topological polar surface area (TPSA) is 78.3 Å². The van der Waals surface area contributed by atoms with Crippen molar-refractivity contribution in [1.29, 1.82) is 0 Å². The summed E-state index contributed by atoms with van der Waals surface area (Å²) >= 11 is 3.51. The Balaban J connectivity index is 1.80. The van der Waals surface area contributed by atoms with Crippen LogP contribution in [0.4, 0.5) is 5.82 Å². The van der Waals surface area contributed by atoms with Crippen molar-refractivity contribution in [2.75, 3.05) is 5.32 Å². The minimum Gasteiger partial charge on any atom is -0.507 e. The molecule has 0 spiro atoms. The van der Waals surface area contributed by atoms with Crippen LogP contribution in [0.1, 0.15) is 25.3 Å². The van der Waals surface area contributed by atoms with Gasteiger partial charge in [-0.05, 0) is 50.1 Å². The summed E-state index contributed by atoms with van der Waals surface area (Å²) in [5.74, 6) is 3.24. The average molecular weight is 424 g/mol. The number of aromatic nitrogens is 2. The Morgan fingerprint density at radius 3 is 2.63 bits per heavy atom. The van der Waals surface area contributed by atoms with Crippen molar-refractivity contribution in [2.24, 2.45) is 0 Å². The van der Waals surface area contributed by atoms with Gasteiger partial charge >= 0.3 is 0 Å². The number of fused-ring (bicyclic) bond motifs is 1. The van der Waals surface area contributed by atoms with Crippen LogP contribution in [-0.2, 0) is 0 Å². The molecule has 136 valence electrons. The summed E-state index contributed by atoms with van der Waals surface area (Å²) in [4.78, 5) is 0. The average Bonchev–Trinajstić information content (AvgIpc) is 2.60. The van der Waals surface area contributed by atoms with Crippen molar-refractivity contribution in [1.82, 2.24) is 10.2 Å². The van der Waals surface area contributed by atoms with Crippen LogP contribution in [0.2, 0.25) is 0 Å². The minimum absolute atomic E-state index is 0.0692. The second-order valence-corrected chi connectivity index (χ2v) is 8.13. The van der Waals surface area contributed by atoms with Crippen LogP contribution in [0.3, 0.4) is 0 Å². The molecule has 2 aromatic carbocycles. The van der Waals surface area contributed by atoms with E-state index in [9.17, 15) is 10.2 Å². The van der Waals surface area contributed by atoms with Crippen LogP contribution in [0.25, 0.3) is 22.0 Å². The number of hydrogen-bond acceptors (Lipinski definition) is 5. The van der Waals surface area contributed by atoms with E-state index in [1.54, 1.807) is 18.2 Å². The van der Waals surface area contributed by atoms with E-state index >= 15 is 0 Å². The van der Waals surface area contributed by atoms with Crippen LogP contribution >= 0.6 is 15.9 Å². The fourth-order valence-corrected chi connectivity index (χ4v) is 3.91. The van der Waals surface area contributed by atoms with E-state index in [0.29, 0.717) is 35.5 Å². The van der Waals surface area contributed by atoms with Gasteiger partial charge in [0.05, 0.1) is 5.60 Å². The molecule has 1 aliphatic rings. The van der Waals surface area contributed by atoms with Gasteiger partial charge in [0.2, 0.25) is 0 Å². The van der Waals surface area contributed by atoms with Crippen LogP contribution in [0, 0.1) is 12.3 Å². The van der Waals surface area contributed by atoms with E-state index < -0.39 is 5.60 Å². The Morgan fingerprint density at radius 1 is 1.19 bits per heavy atom. The van der Waals surface area contributed by atoms with Gasteiger partial charge in [-0.1, -0.05) is 27.9 Å². The first-order chi connectivity index (χ1) is 12.9. The lowest BCUT2D eigenvalue weighted by molar-refractivity contribution is -0.0235. The molecule has 0 atom stereocenters. The lowest BCUT2D eigenvalue weighted by atomic mass is 9.77. The number of aliphatic hydroxyl groups is 1. The molecule has 1 saturated carbocycles. The molecule has 0 bridgehead atoms. The summed E-state index contributed by atoms with van der Waals surface area (Å²) in [6.07, 6.45) is 6.73. The van der Waals surface area contributed by atoms with Gasteiger partial charge in [0.1, 0.15) is 11.4 Å². The number of terminal acetylenes is 1. The highest BCUT2D eigenvalue weighted by atomic mass is 79.9. The number of anilines is 1. The first-order valence-corrected chi connectivity index (χ1v) is 9.40. The lowest BCUT2D eigenvalue weighted by Crippen LogP contribution is -2.48. The van der Waals surface area contributed by atoms with Crippen molar-refractivity contribution in [3.05, 3.63) is 46.4 Å². The smallest absolute Gasteiger partial charge is 0.156 e. The summed E-state index contributed by atoms with van der Waals surface area (Å²) in [6, 6.07) is 11.1. The van der Waals surface area contributed by atoms with E-state index in [2.05, 4.69) is 37.4 Å². The normalized spacial score (nSPS) is 21.5. The van der Waals surface area contributed by atoms with Crippen molar-refractivity contribution in [2.45, 2.75) is 31.4 Å². The summed E-state index contributed by atoms with van der Waals surface area (Å²) in [5.41, 5.74) is 1.15. The first kappa shape index (κ1) is 17.8. The third-order valence-electron chi connectivity index (χ3n) is 4.87. The maximum atomic E-state index is 10.4. The third kappa shape index (κ3) is 3.36. The van der Waals surface area contributed by atoms with Crippen LogP contribution < -0.4 is 5.32 Å². The van der Waals surface area contributed by atoms with Gasteiger partial charge in [-0.15, -0.1) is 16.6 Å². The molecule has 3 aromatic rings.